The highest BCUT2D eigenvalue weighted by molar-refractivity contribution is 5.98. The van der Waals surface area contributed by atoms with Gasteiger partial charge >= 0.3 is 6.03 Å². The Bertz CT molecular complexity index is 1260. The number of carbonyl (C=O) groups excluding carboxylic acids is 2. The van der Waals surface area contributed by atoms with Crippen molar-refractivity contribution in [3.05, 3.63) is 53.9 Å². The summed E-state index contributed by atoms with van der Waals surface area (Å²) in [4.78, 5) is 31.9. The van der Waals surface area contributed by atoms with Crippen LogP contribution in [0, 0.1) is 5.92 Å². The van der Waals surface area contributed by atoms with Gasteiger partial charge in [0.1, 0.15) is 5.75 Å². The third-order valence-electron chi connectivity index (χ3n) is 6.92. The van der Waals surface area contributed by atoms with Gasteiger partial charge in [0.05, 0.1) is 33.8 Å². The van der Waals surface area contributed by atoms with Gasteiger partial charge in [0, 0.05) is 17.5 Å². The van der Waals surface area contributed by atoms with E-state index in [9.17, 15) is 9.59 Å². The number of hydrogen-bond donors (Lipinski definition) is 1. The topological polar surface area (TPSA) is 116 Å². The third-order valence-corrected chi connectivity index (χ3v) is 6.92. The molecule has 2 fully saturated rings. The lowest BCUT2D eigenvalue weighted by Gasteiger charge is -2.41. The molecule has 1 saturated carbocycles. The molecule has 188 valence electrons. The van der Waals surface area contributed by atoms with E-state index in [2.05, 4.69) is 15.5 Å². The quantitative estimate of drug-likeness (QED) is 0.530. The van der Waals surface area contributed by atoms with Crippen LogP contribution in [0.4, 0.5) is 4.79 Å². The monoisotopic (exact) mass is 492 g/mol. The first-order valence-electron chi connectivity index (χ1n) is 11.8. The Morgan fingerprint density at radius 1 is 1.00 bits per heavy atom. The molecule has 3 aromatic rings. The zero-order valence-corrected chi connectivity index (χ0v) is 20.4. The van der Waals surface area contributed by atoms with E-state index in [0.717, 1.165) is 16.9 Å². The number of methoxy groups -OCH3 is 3. The summed E-state index contributed by atoms with van der Waals surface area (Å²) in [5, 5.41) is 7.17. The summed E-state index contributed by atoms with van der Waals surface area (Å²) in [7, 11) is 4.74. The Hall–Kier alpha value is -4.08. The van der Waals surface area contributed by atoms with Crippen LogP contribution in [-0.4, -0.2) is 54.4 Å². The number of ether oxygens (including phenoxy) is 3. The fourth-order valence-electron chi connectivity index (χ4n) is 4.94. The molecular weight excluding hydrogens is 464 g/mol. The van der Waals surface area contributed by atoms with E-state index in [1.807, 2.05) is 30.3 Å². The summed E-state index contributed by atoms with van der Waals surface area (Å²) < 4.78 is 21.4. The summed E-state index contributed by atoms with van der Waals surface area (Å²) in [5.74, 6) is 2.39. The van der Waals surface area contributed by atoms with Gasteiger partial charge in [-0.3, -0.25) is 9.69 Å². The standard InChI is InChI=1S/C26H28N4O6/c1-33-18-8-4-15(5-9-18)14-30-25(31)19-10-6-17(12-20(19)27-26(30)32)24-28-23(29-36-24)16-7-11-21(34-2)22(13-16)35-3/h4-5,7-9,11,13,17,19-20H,6,10,12,14H2,1-3H3,(H,27,32). The highest BCUT2D eigenvalue weighted by Crippen LogP contribution is 2.39. The summed E-state index contributed by atoms with van der Waals surface area (Å²) in [6, 6.07) is 12.1. The van der Waals surface area contributed by atoms with E-state index in [0.29, 0.717) is 42.5 Å². The summed E-state index contributed by atoms with van der Waals surface area (Å²) in [6.45, 7) is 0.222. The van der Waals surface area contributed by atoms with Gasteiger partial charge in [-0.1, -0.05) is 17.3 Å². The molecule has 2 aliphatic rings. The van der Waals surface area contributed by atoms with Crippen LogP contribution >= 0.6 is 0 Å². The Morgan fingerprint density at radius 3 is 2.50 bits per heavy atom. The molecule has 0 bridgehead atoms. The second-order valence-electron chi connectivity index (χ2n) is 8.97. The van der Waals surface area contributed by atoms with Crippen molar-refractivity contribution >= 4 is 11.9 Å². The third kappa shape index (κ3) is 4.46. The fraction of sp³-hybridized carbons (Fsp3) is 0.385. The fourth-order valence-corrected chi connectivity index (χ4v) is 4.94. The van der Waals surface area contributed by atoms with Crippen molar-refractivity contribution in [2.45, 2.75) is 37.8 Å². The zero-order valence-electron chi connectivity index (χ0n) is 20.4. The Kier molecular flexibility index (Phi) is 6.49. The Labute approximate surface area is 208 Å². The van der Waals surface area contributed by atoms with Crippen LogP contribution in [-0.2, 0) is 11.3 Å². The number of fused-ring (bicyclic) bond motifs is 1. The van der Waals surface area contributed by atoms with Crippen molar-refractivity contribution in [2.75, 3.05) is 21.3 Å². The summed E-state index contributed by atoms with van der Waals surface area (Å²) in [6.07, 6.45) is 1.90. The van der Waals surface area contributed by atoms with Crippen LogP contribution in [0.15, 0.2) is 47.0 Å². The molecule has 3 unspecified atom stereocenters. The maximum Gasteiger partial charge on any atom is 0.324 e. The second-order valence-corrected chi connectivity index (χ2v) is 8.97. The van der Waals surface area contributed by atoms with Crippen LogP contribution < -0.4 is 19.5 Å². The summed E-state index contributed by atoms with van der Waals surface area (Å²) in [5.41, 5.74) is 1.60. The molecule has 0 radical (unpaired) electrons. The lowest BCUT2D eigenvalue weighted by atomic mass is 9.76. The highest BCUT2D eigenvalue weighted by atomic mass is 16.5. The van der Waals surface area contributed by atoms with Gasteiger partial charge in [-0.25, -0.2) is 4.79 Å². The van der Waals surface area contributed by atoms with Crippen molar-refractivity contribution in [2.24, 2.45) is 5.92 Å². The molecule has 10 nitrogen and oxygen atoms in total. The molecule has 2 heterocycles. The Balaban J connectivity index is 1.26. The number of amides is 3. The van der Waals surface area contributed by atoms with E-state index in [1.54, 1.807) is 33.5 Å². The van der Waals surface area contributed by atoms with Crippen LogP contribution in [0.5, 0.6) is 17.2 Å². The minimum atomic E-state index is -0.380. The van der Waals surface area contributed by atoms with Crippen molar-refractivity contribution in [3.63, 3.8) is 0 Å². The molecule has 3 atom stereocenters. The van der Waals surface area contributed by atoms with E-state index in [1.165, 1.54) is 4.90 Å². The predicted molar refractivity (Wildman–Crippen MR) is 129 cm³/mol. The number of rotatable bonds is 7. The van der Waals surface area contributed by atoms with Crippen LogP contribution in [0.1, 0.15) is 36.6 Å². The maximum atomic E-state index is 13.2. The number of nitrogens with one attached hydrogen (secondary N) is 1. The van der Waals surface area contributed by atoms with Gasteiger partial charge in [0.25, 0.3) is 0 Å². The predicted octanol–water partition coefficient (Wildman–Crippen LogP) is 3.77. The molecule has 1 aliphatic carbocycles. The molecule has 1 N–H and O–H groups in total. The van der Waals surface area contributed by atoms with Crippen molar-refractivity contribution in [3.8, 4) is 28.6 Å². The molecule has 5 rings (SSSR count). The lowest BCUT2D eigenvalue weighted by Crippen LogP contribution is -2.60. The number of aromatic nitrogens is 2. The normalized spacial score (nSPS) is 21.5. The van der Waals surface area contributed by atoms with Crippen LogP contribution in [0.2, 0.25) is 0 Å². The minimum absolute atomic E-state index is 0.0473. The molecule has 1 saturated heterocycles. The lowest BCUT2D eigenvalue weighted by molar-refractivity contribution is -0.137. The van der Waals surface area contributed by atoms with E-state index < -0.39 is 0 Å². The van der Waals surface area contributed by atoms with Crippen molar-refractivity contribution in [1.29, 1.82) is 0 Å². The summed E-state index contributed by atoms with van der Waals surface area (Å²) >= 11 is 0. The molecule has 1 aromatic heterocycles. The minimum Gasteiger partial charge on any atom is -0.497 e. The second kappa shape index (κ2) is 9.88. The molecule has 3 amide bonds. The van der Waals surface area contributed by atoms with Gasteiger partial charge in [-0.2, -0.15) is 4.98 Å². The molecule has 36 heavy (non-hydrogen) atoms. The molecule has 1 aliphatic heterocycles. The number of imide groups is 1. The molecular formula is C26H28N4O6. The van der Waals surface area contributed by atoms with Crippen molar-refractivity contribution < 1.29 is 28.3 Å². The van der Waals surface area contributed by atoms with Gasteiger partial charge in [0.15, 0.2) is 11.5 Å². The number of carbonyl (C=O) groups is 2. The number of benzene rings is 2. The zero-order chi connectivity index (χ0) is 25.2. The average Bonchev–Trinajstić information content (AvgIpc) is 3.41. The first kappa shape index (κ1) is 23.7. The number of nitrogens with zero attached hydrogens (tertiary/aromatic N) is 3. The van der Waals surface area contributed by atoms with E-state index in [-0.39, 0.29) is 36.4 Å². The SMILES string of the molecule is COc1ccc(CN2C(=O)NC3CC(c4nc(-c5ccc(OC)c(OC)c5)no4)CCC3C2=O)cc1. The first-order chi connectivity index (χ1) is 17.5. The first-order valence-corrected chi connectivity index (χ1v) is 11.8. The van der Waals surface area contributed by atoms with Gasteiger partial charge in [0.2, 0.25) is 17.6 Å². The van der Waals surface area contributed by atoms with Gasteiger partial charge < -0.3 is 24.1 Å². The van der Waals surface area contributed by atoms with Gasteiger partial charge in [-0.05, 0) is 55.2 Å². The average molecular weight is 493 g/mol. The molecule has 0 spiro atoms. The van der Waals surface area contributed by atoms with Gasteiger partial charge in [-0.15, -0.1) is 0 Å². The van der Waals surface area contributed by atoms with Crippen molar-refractivity contribution in [1.82, 2.24) is 20.4 Å². The molecule has 2 aromatic carbocycles. The highest BCUT2D eigenvalue weighted by Gasteiger charge is 2.45. The van der Waals surface area contributed by atoms with E-state index >= 15 is 0 Å². The number of urea groups is 1. The maximum absolute atomic E-state index is 13.2. The largest absolute Gasteiger partial charge is 0.497 e. The Morgan fingerprint density at radius 2 is 1.78 bits per heavy atom. The van der Waals surface area contributed by atoms with Crippen LogP contribution in [0.25, 0.3) is 11.4 Å². The smallest absolute Gasteiger partial charge is 0.324 e. The number of hydrogen-bond acceptors (Lipinski definition) is 8. The van der Waals surface area contributed by atoms with E-state index in [4.69, 9.17) is 18.7 Å². The van der Waals surface area contributed by atoms with Crippen LogP contribution in [0.3, 0.4) is 0 Å². The molecule has 10 heteroatoms.